The molecule has 0 aliphatic carbocycles. The number of benzene rings is 2. The van der Waals surface area contributed by atoms with Crippen LogP contribution < -0.4 is 5.32 Å². The fraction of sp³-hybridized carbons (Fsp3) is 0.235. The number of hydrogen-bond acceptors (Lipinski definition) is 2. The van der Waals surface area contributed by atoms with Gasteiger partial charge in [0.1, 0.15) is 11.6 Å². The van der Waals surface area contributed by atoms with Gasteiger partial charge in [0.05, 0.1) is 11.0 Å². The molecule has 1 atom stereocenters. The molecule has 0 spiro atoms. The molecule has 0 saturated heterocycles. The lowest BCUT2D eigenvalue weighted by molar-refractivity contribution is 0.619. The van der Waals surface area contributed by atoms with Crippen molar-refractivity contribution in [3.8, 4) is 0 Å². The summed E-state index contributed by atoms with van der Waals surface area (Å²) in [4.78, 5) is 4.71. The van der Waals surface area contributed by atoms with Gasteiger partial charge in [-0.15, -0.1) is 0 Å². The maximum atomic E-state index is 13.4. The number of imidazole rings is 1. The first-order valence-electron chi connectivity index (χ1n) is 7.16. The predicted molar refractivity (Wildman–Crippen MR) is 82.0 cm³/mol. The molecular formula is C17H16FN3. The van der Waals surface area contributed by atoms with Crippen LogP contribution in [0.4, 0.5) is 10.1 Å². The van der Waals surface area contributed by atoms with Crippen LogP contribution in [-0.2, 0) is 13.5 Å². The maximum absolute atomic E-state index is 13.4. The third-order valence-corrected chi connectivity index (χ3v) is 4.27. The maximum Gasteiger partial charge on any atom is 0.125 e. The molecular weight excluding hydrogens is 265 g/mol. The molecule has 2 aromatic carbocycles. The Morgan fingerprint density at radius 1 is 1.24 bits per heavy atom. The molecule has 1 unspecified atom stereocenters. The highest BCUT2D eigenvalue weighted by atomic mass is 19.1. The van der Waals surface area contributed by atoms with Crippen molar-refractivity contribution in [1.82, 2.24) is 9.55 Å². The average molecular weight is 281 g/mol. The number of aryl methyl sites for hydroxylation is 1. The molecule has 0 radical (unpaired) electrons. The van der Waals surface area contributed by atoms with E-state index >= 15 is 0 Å². The van der Waals surface area contributed by atoms with Crippen molar-refractivity contribution in [2.75, 3.05) is 11.9 Å². The number of nitrogens with one attached hydrogen (secondary N) is 1. The monoisotopic (exact) mass is 281 g/mol. The number of fused-ring (bicyclic) bond motifs is 2. The van der Waals surface area contributed by atoms with Gasteiger partial charge in [-0.2, -0.15) is 0 Å². The number of para-hydroxylation sites is 1. The van der Waals surface area contributed by atoms with Crippen molar-refractivity contribution >= 4 is 16.7 Å². The van der Waals surface area contributed by atoms with Crippen LogP contribution in [0.2, 0.25) is 0 Å². The van der Waals surface area contributed by atoms with Crippen LogP contribution in [0.5, 0.6) is 0 Å². The van der Waals surface area contributed by atoms with E-state index in [0.29, 0.717) is 5.92 Å². The molecule has 106 valence electrons. The summed E-state index contributed by atoms with van der Waals surface area (Å²) in [6.07, 6.45) is 0.961. The SMILES string of the molecule is Cn1c(C2CNc3ccccc3C2)nc2ccc(F)cc21. The largest absolute Gasteiger partial charge is 0.384 e. The van der Waals surface area contributed by atoms with Crippen LogP contribution in [0.3, 0.4) is 0 Å². The molecule has 0 saturated carbocycles. The van der Waals surface area contributed by atoms with E-state index in [0.717, 1.165) is 29.8 Å². The topological polar surface area (TPSA) is 29.9 Å². The van der Waals surface area contributed by atoms with Gasteiger partial charge in [-0.3, -0.25) is 0 Å². The van der Waals surface area contributed by atoms with Crippen LogP contribution in [0.1, 0.15) is 17.3 Å². The van der Waals surface area contributed by atoms with Crippen molar-refractivity contribution in [1.29, 1.82) is 0 Å². The van der Waals surface area contributed by atoms with Crippen molar-refractivity contribution in [3.05, 3.63) is 59.7 Å². The highest BCUT2D eigenvalue weighted by molar-refractivity contribution is 5.76. The summed E-state index contributed by atoms with van der Waals surface area (Å²) in [7, 11) is 1.96. The summed E-state index contributed by atoms with van der Waals surface area (Å²) in [5.74, 6) is 1.10. The van der Waals surface area contributed by atoms with E-state index in [9.17, 15) is 4.39 Å². The quantitative estimate of drug-likeness (QED) is 0.740. The zero-order chi connectivity index (χ0) is 14.4. The number of rotatable bonds is 1. The summed E-state index contributed by atoms with van der Waals surface area (Å²) in [5, 5.41) is 3.47. The van der Waals surface area contributed by atoms with E-state index < -0.39 is 0 Å². The molecule has 4 rings (SSSR count). The Balaban J connectivity index is 1.76. The highest BCUT2D eigenvalue weighted by Gasteiger charge is 2.24. The Kier molecular flexibility index (Phi) is 2.70. The normalized spacial score (nSPS) is 17.5. The minimum atomic E-state index is -0.218. The molecule has 2 heterocycles. The molecule has 1 aliphatic heterocycles. The van der Waals surface area contributed by atoms with Crippen LogP contribution >= 0.6 is 0 Å². The van der Waals surface area contributed by atoms with Gasteiger partial charge < -0.3 is 9.88 Å². The van der Waals surface area contributed by atoms with Crippen molar-refractivity contribution < 1.29 is 4.39 Å². The first-order valence-corrected chi connectivity index (χ1v) is 7.16. The molecule has 1 aliphatic rings. The number of nitrogens with zero attached hydrogens (tertiary/aromatic N) is 2. The summed E-state index contributed by atoms with van der Waals surface area (Å²) in [5.41, 5.74) is 4.22. The molecule has 0 bridgehead atoms. The molecule has 1 aromatic heterocycles. The van der Waals surface area contributed by atoms with Crippen LogP contribution in [0.25, 0.3) is 11.0 Å². The molecule has 4 heteroatoms. The Morgan fingerprint density at radius 3 is 3.00 bits per heavy atom. The Morgan fingerprint density at radius 2 is 2.10 bits per heavy atom. The second kappa shape index (κ2) is 4.58. The van der Waals surface area contributed by atoms with Crippen LogP contribution in [-0.4, -0.2) is 16.1 Å². The van der Waals surface area contributed by atoms with Crippen molar-refractivity contribution in [3.63, 3.8) is 0 Å². The fourth-order valence-electron chi connectivity index (χ4n) is 3.17. The van der Waals surface area contributed by atoms with Crippen molar-refractivity contribution in [2.24, 2.45) is 7.05 Å². The van der Waals surface area contributed by atoms with Gasteiger partial charge in [-0.05, 0) is 36.2 Å². The lowest BCUT2D eigenvalue weighted by Crippen LogP contribution is -2.23. The number of aromatic nitrogens is 2. The van der Waals surface area contributed by atoms with Gasteiger partial charge in [0, 0.05) is 25.2 Å². The molecule has 21 heavy (non-hydrogen) atoms. The number of anilines is 1. The van der Waals surface area contributed by atoms with Gasteiger partial charge in [-0.25, -0.2) is 9.37 Å². The molecule has 3 nitrogen and oxygen atoms in total. The first-order chi connectivity index (χ1) is 10.2. The smallest absolute Gasteiger partial charge is 0.125 e. The minimum absolute atomic E-state index is 0.218. The van der Waals surface area contributed by atoms with E-state index in [1.807, 2.05) is 17.7 Å². The van der Waals surface area contributed by atoms with Gasteiger partial charge in [0.2, 0.25) is 0 Å². The highest BCUT2D eigenvalue weighted by Crippen LogP contribution is 2.31. The van der Waals surface area contributed by atoms with Gasteiger partial charge in [-0.1, -0.05) is 18.2 Å². The summed E-state index contributed by atoms with van der Waals surface area (Å²) >= 11 is 0. The zero-order valence-corrected chi connectivity index (χ0v) is 11.8. The second-order valence-electron chi connectivity index (χ2n) is 5.60. The van der Waals surface area contributed by atoms with Crippen LogP contribution in [0.15, 0.2) is 42.5 Å². The molecule has 1 N–H and O–H groups in total. The first kappa shape index (κ1) is 12.4. The standard InChI is InChI=1S/C17H16FN3/c1-21-16-9-13(18)6-7-15(16)20-17(21)12-8-11-4-2-3-5-14(11)19-10-12/h2-7,9,12,19H,8,10H2,1H3. The molecule has 0 fully saturated rings. The zero-order valence-electron chi connectivity index (χ0n) is 11.8. The lowest BCUT2D eigenvalue weighted by atomic mass is 9.93. The minimum Gasteiger partial charge on any atom is -0.384 e. The third-order valence-electron chi connectivity index (χ3n) is 4.27. The Bertz CT molecular complexity index is 822. The van der Waals surface area contributed by atoms with E-state index in [2.05, 4.69) is 23.5 Å². The summed E-state index contributed by atoms with van der Waals surface area (Å²) in [6.45, 7) is 0.858. The van der Waals surface area contributed by atoms with E-state index in [4.69, 9.17) is 4.98 Å². The average Bonchev–Trinajstić information content (AvgIpc) is 2.84. The van der Waals surface area contributed by atoms with E-state index in [1.54, 1.807) is 12.1 Å². The summed E-state index contributed by atoms with van der Waals surface area (Å²) < 4.78 is 15.4. The number of hydrogen-bond donors (Lipinski definition) is 1. The predicted octanol–water partition coefficient (Wildman–Crippen LogP) is 3.46. The fourth-order valence-corrected chi connectivity index (χ4v) is 3.17. The Labute approximate surface area is 122 Å². The van der Waals surface area contributed by atoms with E-state index in [-0.39, 0.29) is 5.82 Å². The van der Waals surface area contributed by atoms with Crippen LogP contribution in [0, 0.1) is 5.82 Å². The third kappa shape index (κ3) is 1.98. The second-order valence-corrected chi connectivity index (χ2v) is 5.60. The van der Waals surface area contributed by atoms with Crippen molar-refractivity contribution in [2.45, 2.75) is 12.3 Å². The van der Waals surface area contributed by atoms with Gasteiger partial charge in [0.25, 0.3) is 0 Å². The molecule has 3 aromatic rings. The lowest BCUT2D eigenvalue weighted by Gasteiger charge is -2.25. The molecule has 0 amide bonds. The van der Waals surface area contributed by atoms with E-state index in [1.165, 1.54) is 17.3 Å². The summed E-state index contributed by atoms with van der Waals surface area (Å²) in [6, 6.07) is 13.1. The van der Waals surface area contributed by atoms with Gasteiger partial charge >= 0.3 is 0 Å². The number of halogens is 1. The van der Waals surface area contributed by atoms with Gasteiger partial charge in [0.15, 0.2) is 0 Å². The Hall–Kier alpha value is -2.36.